The minimum Gasteiger partial charge on any atom is -0.345 e. The summed E-state index contributed by atoms with van der Waals surface area (Å²) < 4.78 is 0. The number of fused-ring (bicyclic) bond motifs is 3. The van der Waals surface area contributed by atoms with Crippen LogP contribution in [0.2, 0.25) is 0 Å². The molecule has 0 spiro atoms. The van der Waals surface area contributed by atoms with Crippen LogP contribution in [0.4, 0.5) is 5.82 Å². The standard InChI is InChI=1S/C19H27N5OS/c1-13-4-5-14-15(10-13)26-19-17(14)18(20-12-21-19)24-8-6-23(7-9-24)11-16(25)22(2)3/h12-13H,4-11H2,1-3H3/p+1/t13-/m1/s1. The van der Waals surface area contributed by atoms with Gasteiger partial charge in [0.15, 0.2) is 6.54 Å². The van der Waals surface area contributed by atoms with Crippen LogP contribution in [-0.4, -0.2) is 67.6 Å². The van der Waals surface area contributed by atoms with Gasteiger partial charge in [-0.25, -0.2) is 9.97 Å². The van der Waals surface area contributed by atoms with Gasteiger partial charge in [0.1, 0.15) is 17.0 Å². The summed E-state index contributed by atoms with van der Waals surface area (Å²) in [7, 11) is 3.66. The number of anilines is 1. The summed E-state index contributed by atoms with van der Waals surface area (Å²) in [5.41, 5.74) is 1.50. The number of carbonyl (C=O) groups excluding carboxylic acids is 1. The van der Waals surface area contributed by atoms with Crippen molar-refractivity contribution in [1.29, 1.82) is 0 Å². The average molecular weight is 375 g/mol. The molecule has 1 aliphatic carbocycles. The van der Waals surface area contributed by atoms with E-state index in [1.54, 1.807) is 11.2 Å². The Kier molecular flexibility index (Phi) is 4.84. The van der Waals surface area contributed by atoms with E-state index in [2.05, 4.69) is 21.8 Å². The van der Waals surface area contributed by atoms with Gasteiger partial charge in [-0.15, -0.1) is 11.3 Å². The molecule has 0 aromatic carbocycles. The van der Waals surface area contributed by atoms with E-state index in [1.165, 1.54) is 33.6 Å². The summed E-state index contributed by atoms with van der Waals surface area (Å²) in [6.07, 6.45) is 5.31. The van der Waals surface area contributed by atoms with Crippen LogP contribution in [0.25, 0.3) is 10.2 Å². The minimum atomic E-state index is 0.207. The average Bonchev–Trinajstić information content (AvgIpc) is 2.99. The lowest BCUT2D eigenvalue weighted by Crippen LogP contribution is -3.15. The number of nitrogens with one attached hydrogen (secondary N) is 1. The summed E-state index contributed by atoms with van der Waals surface area (Å²) in [6.45, 7) is 6.79. The summed E-state index contributed by atoms with van der Waals surface area (Å²) in [6, 6.07) is 0. The third-order valence-corrected chi connectivity index (χ3v) is 6.90. The van der Waals surface area contributed by atoms with Crippen LogP contribution in [-0.2, 0) is 17.6 Å². The van der Waals surface area contributed by atoms with E-state index < -0.39 is 0 Å². The third kappa shape index (κ3) is 3.30. The van der Waals surface area contributed by atoms with Crippen molar-refractivity contribution in [2.45, 2.75) is 26.2 Å². The smallest absolute Gasteiger partial charge is 0.277 e. The zero-order valence-corrected chi connectivity index (χ0v) is 16.7. The van der Waals surface area contributed by atoms with Gasteiger partial charge in [-0.2, -0.15) is 0 Å². The molecular formula is C19H28N5OS+. The quantitative estimate of drug-likeness (QED) is 0.855. The summed E-state index contributed by atoms with van der Waals surface area (Å²) in [5, 5.41) is 1.30. The van der Waals surface area contributed by atoms with Gasteiger partial charge >= 0.3 is 0 Å². The number of thiophene rings is 1. The topological polar surface area (TPSA) is 53.8 Å². The van der Waals surface area contributed by atoms with Crippen molar-refractivity contribution in [3.05, 3.63) is 16.8 Å². The van der Waals surface area contributed by atoms with E-state index >= 15 is 0 Å². The Bertz CT molecular complexity index is 810. The molecule has 0 saturated carbocycles. The number of likely N-dealkylation sites (N-methyl/N-ethyl adjacent to an activating group) is 1. The van der Waals surface area contributed by atoms with Gasteiger partial charge in [0.25, 0.3) is 5.91 Å². The molecule has 3 heterocycles. The molecule has 1 atom stereocenters. The lowest BCUT2D eigenvalue weighted by Gasteiger charge is -2.33. The van der Waals surface area contributed by atoms with Crippen molar-refractivity contribution in [1.82, 2.24) is 14.9 Å². The molecule has 1 fully saturated rings. The van der Waals surface area contributed by atoms with Gasteiger partial charge in [0.05, 0.1) is 31.6 Å². The molecule has 2 aromatic heterocycles. The highest BCUT2D eigenvalue weighted by Crippen LogP contribution is 2.40. The molecule has 1 saturated heterocycles. The van der Waals surface area contributed by atoms with Crippen molar-refractivity contribution >= 4 is 33.3 Å². The number of amides is 1. The molecule has 26 heavy (non-hydrogen) atoms. The van der Waals surface area contributed by atoms with Gasteiger partial charge in [0, 0.05) is 19.0 Å². The van der Waals surface area contributed by atoms with Gasteiger partial charge in [0.2, 0.25) is 0 Å². The van der Waals surface area contributed by atoms with Crippen molar-refractivity contribution in [3.63, 3.8) is 0 Å². The number of quaternary nitrogens is 1. The lowest BCUT2D eigenvalue weighted by atomic mass is 9.89. The first-order valence-corrected chi connectivity index (χ1v) is 10.4. The third-order valence-electron chi connectivity index (χ3n) is 5.74. The van der Waals surface area contributed by atoms with E-state index in [-0.39, 0.29) is 5.91 Å². The molecule has 6 nitrogen and oxygen atoms in total. The maximum atomic E-state index is 12.0. The SMILES string of the molecule is C[C@@H]1CCc2c(sc3ncnc(N4CC[NH+](CC(=O)N(C)C)CC4)c23)C1. The Morgan fingerprint density at radius 1 is 1.35 bits per heavy atom. The fourth-order valence-electron chi connectivity index (χ4n) is 4.08. The van der Waals surface area contributed by atoms with E-state index in [4.69, 9.17) is 0 Å². The first kappa shape index (κ1) is 17.7. The zero-order chi connectivity index (χ0) is 18.3. The van der Waals surface area contributed by atoms with Crippen LogP contribution >= 0.6 is 11.3 Å². The molecule has 1 N–H and O–H groups in total. The predicted molar refractivity (Wildman–Crippen MR) is 105 cm³/mol. The first-order chi connectivity index (χ1) is 12.5. The Balaban J connectivity index is 1.54. The largest absolute Gasteiger partial charge is 0.345 e. The predicted octanol–water partition coefficient (Wildman–Crippen LogP) is 0.609. The van der Waals surface area contributed by atoms with Gasteiger partial charge in [-0.1, -0.05) is 6.92 Å². The summed E-state index contributed by atoms with van der Waals surface area (Å²) >= 11 is 1.86. The highest BCUT2D eigenvalue weighted by atomic mass is 32.1. The molecular weight excluding hydrogens is 346 g/mol. The van der Waals surface area contributed by atoms with Crippen molar-refractivity contribution in [3.8, 4) is 0 Å². The van der Waals surface area contributed by atoms with Gasteiger partial charge in [-0.05, 0) is 30.7 Å². The van der Waals surface area contributed by atoms with Crippen LogP contribution in [0.5, 0.6) is 0 Å². The number of aryl methyl sites for hydroxylation is 1. The van der Waals surface area contributed by atoms with Crippen LogP contribution < -0.4 is 9.80 Å². The second kappa shape index (κ2) is 7.12. The summed E-state index contributed by atoms with van der Waals surface area (Å²) in [5.74, 6) is 2.09. The summed E-state index contributed by atoms with van der Waals surface area (Å²) in [4.78, 5) is 29.3. The molecule has 4 rings (SSSR count). The van der Waals surface area contributed by atoms with Crippen LogP contribution in [0, 0.1) is 5.92 Å². The number of piperazine rings is 1. The molecule has 1 amide bonds. The minimum absolute atomic E-state index is 0.207. The van der Waals surface area contributed by atoms with Crippen LogP contribution in [0.15, 0.2) is 6.33 Å². The normalized spacial score (nSPS) is 21.0. The number of rotatable bonds is 3. The number of nitrogens with zero attached hydrogens (tertiary/aromatic N) is 4. The van der Waals surface area contributed by atoms with Crippen LogP contribution in [0.1, 0.15) is 23.8 Å². The first-order valence-electron chi connectivity index (χ1n) is 9.57. The van der Waals surface area contributed by atoms with E-state index in [9.17, 15) is 4.79 Å². The molecule has 2 aromatic rings. The highest BCUT2D eigenvalue weighted by molar-refractivity contribution is 7.19. The second-order valence-electron chi connectivity index (χ2n) is 7.93. The van der Waals surface area contributed by atoms with Crippen molar-refractivity contribution in [2.24, 2.45) is 5.92 Å². The molecule has 7 heteroatoms. The van der Waals surface area contributed by atoms with Crippen molar-refractivity contribution < 1.29 is 9.69 Å². The molecule has 0 radical (unpaired) electrons. The number of hydrogen-bond acceptors (Lipinski definition) is 5. The van der Waals surface area contributed by atoms with Gasteiger partial charge < -0.3 is 14.7 Å². The second-order valence-corrected chi connectivity index (χ2v) is 9.01. The molecule has 1 aliphatic heterocycles. The van der Waals surface area contributed by atoms with E-state index in [0.29, 0.717) is 6.54 Å². The van der Waals surface area contributed by atoms with E-state index in [0.717, 1.165) is 49.2 Å². The molecule has 0 unspecified atom stereocenters. The number of carbonyl (C=O) groups is 1. The number of hydrogen-bond donors (Lipinski definition) is 1. The molecule has 140 valence electrons. The highest BCUT2D eigenvalue weighted by Gasteiger charge is 2.28. The zero-order valence-electron chi connectivity index (χ0n) is 15.9. The fourth-order valence-corrected chi connectivity index (χ4v) is 5.43. The molecule has 0 bridgehead atoms. The maximum Gasteiger partial charge on any atom is 0.277 e. The van der Waals surface area contributed by atoms with Gasteiger partial charge in [-0.3, -0.25) is 4.79 Å². The van der Waals surface area contributed by atoms with Crippen LogP contribution in [0.3, 0.4) is 0 Å². The monoisotopic (exact) mass is 374 g/mol. The lowest BCUT2D eigenvalue weighted by molar-refractivity contribution is -0.892. The Morgan fingerprint density at radius 3 is 2.85 bits per heavy atom. The van der Waals surface area contributed by atoms with E-state index in [1.807, 2.05) is 25.4 Å². The number of aromatic nitrogens is 2. The Morgan fingerprint density at radius 2 is 2.12 bits per heavy atom. The maximum absolute atomic E-state index is 12.0. The van der Waals surface area contributed by atoms with Crippen molar-refractivity contribution in [2.75, 3.05) is 51.7 Å². The fraction of sp³-hybridized carbons (Fsp3) is 0.632. The molecule has 2 aliphatic rings. The Labute approximate surface area is 158 Å². The Hall–Kier alpha value is -1.73.